The van der Waals surface area contributed by atoms with Crippen molar-refractivity contribution in [2.75, 3.05) is 18.1 Å². The summed E-state index contributed by atoms with van der Waals surface area (Å²) in [4.78, 5) is 33.2. The van der Waals surface area contributed by atoms with Crippen LogP contribution in [0.1, 0.15) is 37.6 Å². The maximum Gasteiger partial charge on any atom is 0.341 e. The van der Waals surface area contributed by atoms with Crippen LogP contribution in [0.4, 0.5) is 14.7 Å². The fraction of sp³-hybridized carbons (Fsp3) is 0.625. The van der Waals surface area contributed by atoms with Crippen molar-refractivity contribution in [2.24, 2.45) is 5.92 Å². The summed E-state index contributed by atoms with van der Waals surface area (Å²) in [5.74, 6) is -1.35. The summed E-state index contributed by atoms with van der Waals surface area (Å²) in [6, 6.07) is -0.705. The van der Waals surface area contributed by atoms with Crippen LogP contribution in [0.3, 0.4) is 0 Å². The number of halogens is 2. The first-order chi connectivity index (χ1) is 11.8. The molecule has 1 N–H and O–H groups in total. The average Bonchev–Trinajstić information content (AvgIpc) is 2.58. The number of esters is 1. The van der Waals surface area contributed by atoms with E-state index in [9.17, 15) is 18.4 Å². The zero-order valence-corrected chi connectivity index (χ0v) is 14.4. The smallest absolute Gasteiger partial charge is 0.341 e. The summed E-state index contributed by atoms with van der Waals surface area (Å²) in [6.07, 6.45) is 0.395. The van der Waals surface area contributed by atoms with Gasteiger partial charge in [0, 0.05) is 25.0 Å². The number of nitrogens with zero attached hydrogens (tertiary/aromatic N) is 3. The summed E-state index contributed by atoms with van der Waals surface area (Å²) >= 11 is 0. The standard InChI is InChI=1S/C16H22F2N4O3/c1-4-25-15(24)11-7-19-16(20-8-11)22-6-5-9(2)12(10(22)3)21-14(23)13(17)18/h7-10,12-13H,4-6H2,1-3H3,(H,21,23). The van der Waals surface area contributed by atoms with Gasteiger partial charge in [-0.25, -0.2) is 14.8 Å². The molecule has 1 fully saturated rings. The Kier molecular flexibility index (Phi) is 6.22. The van der Waals surface area contributed by atoms with E-state index in [1.165, 1.54) is 12.4 Å². The Labute approximate surface area is 144 Å². The maximum atomic E-state index is 12.5. The van der Waals surface area contributed by atoms with Crippen LogP contribution in [-0.2, 0) is 9.53 Å². The number of hydrogen-bond acceptors (Lipinski definition) is 6. The van der Waals surface area contributed by atoms with Crippen molar-refractivity contribution in [3.63, 3.8) is 0 Å². The first-order valence-electron chi connectivity index (χ1n) is 8.19. The molecule has 0 aliphatic carbocycles. The molecule has 1 aromatic heterocycles. The van der Waals surface area contributed by atoms with E-state index in [2.05, 4.69) is 15.3 Å². The van der Waals surface area contributed by atoms with Gasteiger partial charge in [0.05, 0.1) is 18.2 Å². The highest BCUT2D eigenvalue weighted by Gasteiger charge is 2.36. The summed E-state index contributed by atoms with van der Waals surface area (Å²) in [5, 5.41) is 2.40. The maximum absolute atomic E-state index is 12.5. The number of alkyl halides is 2. The lowest BCUT2D eigenvalue weighted by Crippen LogP contribution is -2.59. The van der Waals surface area contributed by atoms with E-state index >= 15 is 0 Å². The van der Waals surface area contributed by atoms with Crippen molar-refractivity contribution >= 4 is 17.8 Å². The molecule has 1 aliphatic rings. The first kappa shape index (κ1) is 19.0. The Hall–Kier alpha value is -2.32. The Morgan fingerprint density at radius 2 is 2.00 bits per heavy atom. The average molecular weight is 356 g/mol. The molecule has 7 nitrogen and oxygen atoms in total. The fourth-order valence-electron chi connectivity index (χ4n) is 2.96. The monoisotopic (exact) mass is 356 g/mol. The predicted octanol–water partition coefficient (Wildman–Crippen LogP) is 1.64. The minimum absolute atomic E-state index is 0.0488. The number of ether oxygens (including phenoxy) is 1. The highest BCUT2D eigenvalue weighted by atomic mass is 19.3. The number of carbonyl (C=O) groups excluding carboxylic acids is 2. The van der Waals surface area contributed by atoms with Gasteiger partial charge in [-0.3, -0.25) is 4.79 Å². The molecule has 0 spiro atoms. The molecule has 1 amide bonds. The number of carbonyl (C=O) groups is 2. The number of rotatable bonds is 5. The molecular weight excluding hydrogens is 334 g/mol. The van der Waals surface area contributed by atoms with Gasteiger partial charge in [0.2, 0.25) is 5.95 Å². The van der Waals surface area contributed by atoms with Gasteiger partial charge in [0.15, 0.2) is 0 Å². The summed E-state index contributed by atoms with van der Waals surface area (Å²) in [5.41, 5.74) is 0.242. The zero-order chi connectivity index (χ0) is 18.6. The van der Waals surface area contributed by atoms with Crippen molar-refractivity contribution in [1.82, 2.24) is 15.3 Å². The summed E-state index contributed by atoms with van der Waals surface area (Å²) in [7, 11) is 0. The number of hydrogen-bond donors (Lipinski definition) is 1. The topological polar surface area (TPSA) is 84.4 Å². The van der Waals surface area contributed by atoms with Crippen LogP contribution in [0.25, 0.3) is 0 Å². The molecule has 1 aromatic rings. The SMILES string of the molecule is CCOC(=O)c1cnc(N2CCC(C)C(NC(=O)C(F)F)C2C)nc1. The van der Waals surface area contributed by atoms with E-state index in [1.807, 2.05) is 18.7 Å². The molecule has 2 heterocycles. The van der Waals surface area contributed by atoms with Crippen molar-refractivity contribution in [3.05, 3.63) is 18.0 Å². The molecule has 0 radical (unpaired) electrons. The van der Waals surface area contributed by atoms with Gasteiger partial charge in [-0.1, -0.05) is 6.92 Å². The van der Waals surface area contributed by atoms with Crippen molar-refractivity contribution in [3.8, 4) is 0 Å². The molecule has 138 valence electrons. The van der Waals surface area contributed by atoms with E-state index < -0.39 is 24.3 Å². The second kappa shape index (κ2) is 8.17. The van der Waals surface area contributed by atoms with Crippen LogP contribution in [0.15, 0.2) is 12.4 Å². The minimum atomic E-state index is -3.05. The normalized spacial score (nSPS) is 23.4. The molecule has 0 saturated carbocycles. The predicted molar refractivity (Wildman–Crippen MR) is 86.5 cm³/mol. The lowest BCUT2D eigenvalue weighted by molar-refractivity contribution is -0.133. The fourth-order valence-corrected chi connectivity index (χ4v) is 2.96. The molecule has 25 heavy (non-hydrogen) atoms. The van der Waals surface area contributed by atoms with E-state index in [0.717, 1.165) is 0 Å². The van der Waals surface area contributed by atoms with Gasteiger partial charge in [0.25, 0.3) is 5.91 Å². The molecule has 2 rings (SSSR count). The molecule has 3 atom stereocenters. The van der Waals surface area contributed by atoms with Crippen LogP contribution >= 0.6 is 0 Å². The number of nitrogens with one attached hydrogen (secondary N) is 1. The van der Waals surface area contributed by atoms with E-state index in [1.54, 1.807) is 6.92 Å². The Morgan fingerprint density at radius 3 is 2.56 bits per heavy atom. The summed E-state index contributed by atoms with van der Waals surface area (Å²) < 4.78 is 30.0. The molecule has 9 heteroatoms. The number of piperidine rings is 1. The minimum Gasteiger partial charge on any atom is -0.462 e. The van der Waals surface area contributed by atoms with Crippen LogP contribution < -0.4 is 10.2 Å². The molecule has 1 saturated heterocycles. The lowest BCUT2D eigenvalue weighted by atomic mass is 9.87. The van der Waals surface area contributed by atoms with Crippen LogP contribution in [-0.4, -0.2) is 53.5 Å². The van der Waals surface area contributed by atoms with Crippen LogP contribution in [0, 0.1) is 5.92 Å². The van der Waals surface area contributed by atoms with Gasteiger partial charge in [-0.15, -0.1) is 0 Å². The molecule has 0 aromatic carbocycles. The second-order valence-electron chi connectivity index (χ2n) is 6.03. The highest BCUT2D eigenvalue weighted by Crippen LogP contribution is 2.26. The van der Waals surface area contributed by atoms with Crippen LogP contribution in [0.5, 0.6) is 0 Å². The molecular formula is C16H22F2N4O3. The van der Waals surface area contributed by atoms with Gasteiger partial charge < -0.3 is 15.0 Å². The first-order valence-corrected chi connectivity index (χ1v) is 8.19. The summed E-state index contributed by atoms with van der Waals surface area (Å²) in [6.45, 7) is 6.33. The van der Waals surface area contributed by atoms with Crippen molar-refractivity contribution in [1.29, 1.82) is 0 Å². The number of aromatic nitrogens is 2. The van der Waals surface area contributed by atoms with Crippen molar-refractivity contribution < 1.29 is 23.1 Å². The molecule has 1 aliphatic heterocycles. The van der Waals surface area contributed by atoms with Crippen LogP contribution in [0.2, 0.25) is 0 Å². The zero-order valence-electron chi connectivity index (χ0n) is 14.4. The van der Waals surface area contributed by atoms with Gasteiger partial charge in [-0.05, 0) is 26.2 Å². The number of anilines is 1. The third-order valence-electron chi connectivity index (χ3n) is 4.36. The Morgan fingerprint density at radius 1 is 1.36 bits per heavy atom. The van der Waals surface area contributed by atoms with E-state index in [-0.39, 0.29) is 24.1 Å². The van der Waals surface area contributed by atoms with Gasteiger partial charge in [0.1, 0.15) is 0 Å². The third-order valence-corrected chi connectivity index (χ3v) is 4.36. The van der Waals surface area contributed by atoms with Crippen molar-refractivity contribution in [2.45, 2.75) is 45.7 Å². The van der Waals surface area contributed by atoms with E-state index in [4.69, 9.17) is 4.74 Å². The van der Waals surface area contributed by atoms with E-state index in [0.29, 0.717) is 18.9 Å². The Bertz CT molecular complexity index is 612. The Balaban J connectivity index is 2.13. The highest BCUT2D eigenvalue weighted by molar-refractivity contribution is 5.88. The number of amides is 1. The largest absolute Gasteiger partial charge is 0.462 e. The lowest BCUT2D eigenvalue weighted by Gasteiger charge is -2.43. The molecule has 3 unspecified atom stereocenters. The quantitative estimate of drug-likeness (QED) is 0.808. The van der Waals surface area contributed by atoms with Gasteiger partial charge in [-0.2, -0.15) is 8.78 Å². The molecule has 0 bridgehead atoms. The second-order valence-corrected chi connectivity index (χ2v) is 6.03. The third kappa shape index (κ3) is 4.40. The van der Waals surface area contributed by atoms with Gasteiger partial charge >= 0.3 is 12.4 Å².